The number of halogens is 1. The topological polar surface area (TPSA) is 41.1 Å². The quantitative estimate of drug-likeness (QED) is 0.932. The predicted octanol–water partition coefficient (Wildman–Crippen LogP) is 3.91. The van der Waals surface area contributed by atoms with E-state index in [9.17, 15) is 4.39 Å². The maximum atomic E-state index is 13.3. The van der Waals surface area contributed by atoms with Crippen LogP contribution < -0.4 is 10.2 Å². The molecular weight excluding hydrogens is 279 g/mol. The molecule has 0 spiro atoms. The van der Waals surface area contributed by atoms with E-state index in [1.165, 1.54) is 6.07 Å². The van der Waals surface area contributed by atoms with E-state index in [-0.39, 0.29) is 5.82 Å². The van der Waals surface area contributed by atoms with E-state index in [1.54, 1.807) is 19.1 Å². The third-order valence-electron chi connectivity index (χ3n) is 3.70. The van der Waals surface area contributed by atoms with Gasteiger partial charge in [-0.15, -0.1) is 0 Å². The molecule has 0 aliphatic carbocycles. The number of hydrogen-bond donors (Lipinski definition) is 1. The molecule has 0 radical (unpaired) electrons. The highest BCUT2D eigenvalue weighted by atomic mass is 19.1. The molecule has 0 amide bonds. The lowest BCUT2D eigenvalue weighted by molar-refractivity contribution is 0.619. The van der Waals surface area contributed by atoms with Gasteiger partial charge in [-0.2, -0.15) is 4.98 Å². The van der Waals surface area contributed by atoms with Crippen molar-refractivity contribution >= 4 is 23.5 Å². The number of nitrogens with zero attached hydrogens (tertiary/aromatic N) is 3. The molecule has 0 saturated heterocycles. The van der Waals surface area contributed by atoms with Crippen LogP contribution in [0.15, 0.2) is 30.5 Å². The first-order valence-electron chi connectivity index (χ1n) is 7.38. The van der Waals surface area contributed by atoms with Gasteiger partial charge in [-0.1, -0.05) is 12.2 Å². The van der Waals surface area contributed by atoms with Crippen LogP contribution in [-0.4, -0.2) is 22.6 Å². The van der Waals surface area contributed by atoms with E-state index >= 15 is 0 Å². The molecule has 1 aromatic carbocycles. The first-order chi connectivity index (χ1) is 10.5. The van der Waals surface area contributed by atoms with Gasteiger partial charge in [0.25, 0.3) is 0 Å². The fourth-order valence-corrected chi connectivity index (χ4v) is 2.48. The summed E-state index contributed by atoms with van der Waals surface area (Å²) in [7, 11) is 0. The lowest BCUT2D eigenvalue weighted by Crippen LogP contribution is -2.33. The number of benzene rings is 1. The molecule has 5 heteroatoms. The Hall–Kier alpha value is -2.43. The normalized spacial score (nSPS) is 13.4. The molecule has 4 nitrogen and oxygen atoms in total. The van der Waals surface area contributed by atoms with Gasteiger partial charge in [-0.3, -0.25) is 0 Å². The molecule has 1 N–H and O–H groups in total. The summed E-state index contributed by atoms with van der Waals surface area (Å²) in [5.74, 6) is 1.23. The Bertz CT molecular complexity index is 725. The van der Waals surface area contributed by atoms with Crippen LogP contribution in [0.2, 0.25) is 0 Å². The van der Waals surface area contributed by atoms with Crippen LogP contribution in [-0.2, 0) is 0 Å². The van der Waals surface area contributed by atoms with Crippen molar-refractivity contribution in [3.63, 3.8) is 0 Å². The van der Waals surface area contributed by atoms with Gasteiger partial charge in [-0.05, 0) is 44.5 Å². The summed E-state index contributed by atoms with van der Waals surface area (Å²) < 4.78 is 13.3. The molecule has 1 aliphatic heterocycles. The zero-order valence-corrected chi connectivity index (χ0v) is 13.0. The molecule has 114 valence electrons. The van der Waals surface area contributed by atoms with Crippen LogP contribution in [0.25, 0.3) is 6.08 Å². The number of aromatic nitrogens is 2. The number of rotatable bonds is 3. The molecule has 2 heterocycles. The van der Waals surface area contributed by atoms with Gasteiger partial charge in [0.15, 0.2) is 0 Å². The Morgan fingerprint density at radius 3 is 2.86 bits per heavy atom. The summed E-state index contributed by atoms with van der Waals surface area (Å²) >= 11 is 0. The zero-order chi connectivity index (χ0) is 15.7. The summed E-state index contributed by atoms with van der Waals surface area (Å²) in [4.78, 5) is 11.2. The second-order valence-corrected chi connectivity index (χ2v) is 5.71. The molecule has 0 bridgehead atoms. The van der Waals surface area contributed by atoms with Crippen LogP contribution in [0.5, 0.6) is 0 Å². The molecule has 0 atom stereocenters. The van der Waals surface area contributed by atoms with Gasteiger partial charge < -0.3 is 10.2 Å². The lowest BCUT2D eigenvalue weighted by Gasteiger charge is -2.30. The summed E-state index contributed by atoms with van der Waals surface area (Å²) in [6.07, 6.45) is 5.97. The standard InChI is InChI=1S/C17H19FN4/c1-11(2)22-8-4-5-13-10-19-17(21-16(13)22)20-14-6-7-15(18)12(3)9-14/h4-7,9-11H,8H2,1-3H3,(H,19,20,21). The van der Waals surface area contributed by atoms with E-state index in [1.807, 2.05) is 12.3 Å². The Labute approximate surface area is 129 Å². The Kier molecular flexibility index (Phi) is 3.79. The zero-order valence-electron chi connectivity index (χ0n) is 13.0. The first kappa shape index (κ1) is 14.5. The van der Waals surface area contributed by atoms with Gasteiger partial charge in [0.2, 0.25) is 5.95 Å². The molecule has 22 heavy (non-hydrogen) atoms. The van der Waals surface area contributed by atoms with Crippen molar-refractivity contribution < 1.29 is 4.39 Å². The number of nitrogens with one attached hydrogen (secondary N) is 1. The molecule has 2 aromatic rings. The highest BCUT2D eigenvalue weighted by Crippen LogP contribution is 2.27. The highest BCUT2D eigenvalue weighted by Gasteiger charge is 2.18. The van der Waals surface area contributed by atoms with Crippen LogP contribution in [0, 0.1) is 12.7 Å². The summed E-state index contributed by atoms with van der Waals surface area (Å²) in [6.45, 7) is 6.86. The average Bonchev–Trinajstić information content (AvgIpc) is 2.50. The van der Waals surface area contributed by atoms with Gasteiger partial charge in [0, 0.05) is 30.0 Å². The highest BCUT2D eigenvalue weighted by molar-refractivity contribution is 5.69. The van der Waals surface area contributed by atoms with Gasteiger partial charge in [0.1, 0.15) is 11.6 Å². The van der Waals surface area contributed by atoms with E-state index < -0.39 is 0 Å². The molecule has 0 unspecified atom stereocenters. The largest absolute Gasteiger partial charge is 0.350 e. The summed E-state index contributed by atoms with van der Waals surface area (Å²) in [5.41, 5.74) is 2.39. The summed E-state index contributed by atoms with van der Waals surface area (Å²) in [6, 6.07) is 5.24. The smallest absolute Gasteiger partial charge is 0.229 e. The SMILES string of the molecule is Cc1cc(Nc2ncc3c(n2)N(C(C)C)CC=C3)ccc1F. The number of anilines is 3. The maximum Gasteiger partial charge on any atom is 0.229 e. The minimum Gasteiger partial charge on any atom is -0.350 e. The Balaban J connectivity index is 1.91. The van der Waals surface area contributed by atoms with E-state index in [0.717, 1.165) is 23.6 Å². The second-order valence-electron chi connectivity index (χ2n) is 5.71. The van der Waals surface area contributed by atoms with E-state index in [2.05, 4.69) is 40.1 Å². The molecule has 0 fully saturated rings. The van der Waals surface area contributed by atoms with Crippen LogP contribution in [0.4, 0.5) is 21.8 Å². The maximum absolute atomic E-state index is 13.3. The molecular formula is C17H19FN4. The minimum absolute atomic E-state index is 0.215. The number of fused-ring (bicyclic) bond motifs is 1. The van der Waals surface area contributed by atoms with E-state index in [4.69, 9.17) is 0 Å². The van der Waals surface area contributed by atoms with Crippen molar-refractivity contribution in [1.82, 2.24) is 9.97 Å². The average molecular weight is 298 g/mol. The van der Waals surface area contributed by atoms with Gasteiger partial charge in [0.05, 0.1) is 0 Å². The van der Waals surface area contributed by atoms with Crippen molar-refractivity contribution in [2.24, 2.45) is 0 Å². The number of hydrogen-bond acceptors (Lipinski definition) is 4. The van der Waals surface area contributed by atoms with Gasteiger partial charge in [-0.25, -0.2) is 9.37 Å². The molecule has 1 aliphatic rings. The lowest BCUT2D eigenvalue weighted by atomic mass is 10.1. The fraction of sp³-hybridized carbons (Fsp3) is 0.294. The van der Waals surface area contributed by atoms with Crippen molar-refractivity contribution in [2.75, 3.05) is 16.8 Å². The second kappa shape index (κ2) is 5.75. The van der Waals surface area contributed by atoms with Crippen molar-refractivity contribution in [3.05, 3.63) is 47.4 Å². The monoisotopic (exact) mass is 298 g/mol. The van der Waals surface area contributed by atoms with Crippen LogP contribution in [0.1, 0.15) is 25.0 Å². The Morgan fingerprint density at radius 1 is 1.32 bits per heavy atom. The number of aryl methyl sites for hydroxylation is 1. The third-order valence-corrected chi connectivity index (χ3v) is 3.70. The first-order valence-corrected chi connectivity index (χ1v) is 7.38. The van der Waals surface area contributed by atoms with Gasteiger partial charge >= 0.3 is 0 Å². The van der Waals surface area contributed by atoms with Crippen molar-refractivity contribution in [3.8, 4) is 0 Å². The van der Waals surface area contributed by atoms with Crippen molar-refractivity contribution in [1.29, 1.82) is 0 Å². The summed E-state index contributed by atoms with van der Waals surface area (Å²) in [5, 5.41) is 3.14. The van der Waals surface area contributed by atoms with E-state index in [0.29, 0.717) is 17.6 Å². The van der Waals surface area contributed by atoms with Crippen LogP contribution in [0.3, 0.4) is 0 Å². The molecule has 3 rings (SSSR count). The Morgan fingerprint density at radius 2 is 2.14 bits per heavy atom. The predicted molar refractivity (Wildman–Crippen MR) is 88.0 cm³/mol. The van der Waals surface area contributed by atoms with Crippen LogP contribution >= 0.6 is 0 Å². The minimum atomic E-state index is -0.215. The molecule has 0 saturated carbocycles. The molecule has 1 aromatic heterocycles. The fourth-order valence-electron chi connectivity index (χ4n) is 2.48. The van der Waals surface area contributed by atoms with Crippen molar-refractivity contribution in [2.45, 2.75) is 26.8 Å². The third kappa shape index (κ3) is 2.79.